The fraction of sp³-hybridized carbons (Fsp3) is 0.0154. The number of hydrogen-bond acceptors (Lipinski definition) is 4. The van der Waals surface area contributed by atoms with Gasteiger partial charge in [-0.15, -0.1) is 11.3 Å². The first-order valence-corrected chi connectivity index (χ1v) is 24.8. The number of nitrogens with zero attached hydrogens (tertiary/aromatic N) is 4. The van der Waals surface area contributed by atoms with E-state index >= 15 is 0 Å². The standard InChI is InChI=1S/C65H42N4OS/c1-3-46-53-38-52-47-30-16-19-33-54(47)69(45-28-14-7-15-29-45)56(52)39-57(53)70-63(46)59-40(2)68(55-34-20-17-31-48(55)59)62-50(41-22-8-4-9-23-41)36-44(37-51(62)42-24-10-5-11-25-42)60-64-61(49-32-18-21-35-58(49)71-64)67-65(66-60)43-26-12-6-13-27-43/h3-39H,1H2,2H3. The van der Waals surface area contributed by atoms with Crippen molar-refractivity contribution in [3.05, 3.63) is 236 Å². The molecule has 14 rings (SSSR count). The van der Waals surface area contributed by atoms with Gasteiger partial charge in [0, 0.05) is 82.5 Å². The van der Waals surface area contributed by atoms with Crippen molar-refractivity contribution >= 4 is 81.4 Å². The monoisotopic (exact) mass is 926 g/mol. The summed E-state index contributed by atoms with van der Waals surface area (Å²) in [6, 6.07) is 77.6. The summed E-state index contributed by atoms with van der Waals surface area (Å²) >= 11 is 1.75. The number of aromatic nitrogens is 4. The third-order valence-corrected chi connectivity index (χ3v) is 15.3. The molecule has 5 aromatic heterocycles. The number of rotatable bonds is 8. The Kier molecular flexibility index (Phi) is 9.38. The maximum atomic E-state index is 7.22. The molecule has 0 saturated heterocycles. The SMILES string of the molecule is C=Cc1c(-c2c(C)n(-c3c(-c4ccccc4)cc(-c4nc(-c5ccccc5)nc5c4sc4ccccc45)cc3-c3ccccc3)c3ccccc23)oc2cc3c(cc12)c1ccccc1n3-c1ccccc1. The highest BCUT2D eigenvalue weighted by molar-refractivity contribution is 7.26. The highest BCUT2D eigenvalue weighted by Crippen LogP contribution is 2.49. The molecule has 0 aliphatic rings. The lowest BCUT2D eigenvalue weighted by Gasteiger charge is -2.22. The zero-order valence-corrected chi connectivity index (χ0v) is 39.5. The second-order valence-electron chi connectivity index (χ2n) is 18.1. The lowest BCUT2D eigenvalue weighted by molar-refractivity contribution is 0.631. The summed E-state index contributed by atoms with van der Waals surface area (Å²) < 4.78 is 14.3. The van der Waals surface area contributed by atoms with Gasteiger partial charge in [0.15, 0.2) is 5.82 Å². The van der Waals surface area contributed by atoms with E-state index < -0.39 is 0 Å². The fourth-order valence-corrected chi connectivity index (χ4v) is 12.1. The van der Waals surface area contributed by atoms with Gasteiger partial charge >= 0.3 is 0 Å². The molecular weight excluding hydrogens is 885 g/mol. The normalized spacial score (nSPS) is 11.8. The van der Waals surface area contributed by atoms with Crippen LogP contribution in [0.5, 0.6) is 0 Å². The third-order valence-electron chi connectivity index (χ3n) is 14.1. The molecule has 6 heteroatoms. The van der Waals surface area contributed by atoms with Crippen LogP contribution in [0.4, 0.5) is 0 Å². The molecule has 71 heavy (non-hydrogen) atoms. The summed E-state index contributed by atoms with van der Waals surface area (Å²) in [6.45, 7) is 6.67. The molecule has 0 atom stereocenters. The van der Waals surface area contributed by atoms with Crippen LogP contribution in [0.1, 0.15) is 11.3 Å². The van der Waals surface area contributed by atoms with Gasteiger partial charge in [0.1, 0.15) is 11.3 Å². The van der Waals surface area contributed by atoms with Gasteiger partial charge in [0.25, 0.3) is 0 Å². The highest BCUT2D eigenvalue weighted by Gasteiger charge is 2.28. The van der Waals surface area contributed by atoms with Crippen molar-refractivity contribution in [3.8, 4) is 67.6 Å². The van der Waals surface area contributed by atoms with E-state index in [1.54, 1.807) is 11.3 Å². The Balaban J connectivity index is 1.06. The molecule has 0 amide bonds. The predicted molar refractivity (Wildman–Crippen MR) is 298 cm³/mol. The van der Waals surface area contributed by atoms with Crippen molar-refractivity contribution in [2.24, 2.45) is 0 Å². The first-order valence-electron chi connectivity index (χ1n) is 23.9. The van der Waals surface area contributed by atoms with E-state index in [9.17, 15) is 0 Å². The Bertz CT molecular complexity index is 4350. The van der Waals surface area contributed by atoms with Gasteiger partial charge in [-0.25, -0.2) is 9.97 Å². The molecule has 5 nitrogen and oxygen atoms in total. The Morgan fingerprint density at radius 2 is 1.06 bits per heavy atom. The maximum absolute atomic E-state index is 7.22. The fourth-order valence-electron chi connectivity index (χ4n) is 11.0. The van der Waals surface area contributed by atoms with Crippen molar-refractivity contribution in [1.82, 2.24) is 19.1 Å². The summed E-state index contributed by atoms with van der Waals surface area (Å²) in [5.41, 5.74) is 17.6. The van der Waals surface area contributed by atoms with Crippen LogP contribution in [0.25, 0.3) is 138 Å². The summed E-state index contributed by atoms with van der Waals surface area (Å²) in [5.74, 6) is 1.50. The van der Waals surface area contributed by atoms with Crippen molar-refractivity contribution < 1.29 is 4.42 Å². The second-order valence-corrected chi connectivity index (χ2v) is 19.2. The van der Waals surface area contributed by atoms with E-state index in [1.807, 2.05) is 12.1 Å². The van der Waals surface area contributed by atoms with Gasteiger partial charge in [-0.2, -0.15) is 0 Å². The predicted octanol–water partition coefficient (Wildman–Crippen LogP) is 17.9. The minimum atomic E-state index is 0.700. The minimum absolute atomic E-state index is 0.700. The molecule has 9 aromatic carbocycles. The van der Waals surface area contributed by atoms with Gasteiger partial charge in [-0.1, -0.05) is 176 Å². The summed E-state index contributed by atoms with van der Waals surface area (Å²) in [6.07, 6.45) is 1.97. The number of hydrogen-bond donors (Lipinski definition) is 0. The summed E-state index contributed by atoms with van der Waals surface area (Å²) in [4.78, 5) is 10.8. The molecule has 0 spiro atoms. The van der Waals surface area contributed by atoms with Crippen molar-refractivity contribution in [3.63, 3.8) is 0 Å². The van der Waals surface area contributed by atoms with E-state index in [1.165, 1.54) is 15.5 Å². The van der Waals surface area contributed by atoms with Crippen LogP contribution in [0.15, 0.2) is 229 Å². The van der Waals surface area contributed by atoms with E-state index in [2.05, 4.69) is 235 Å². The number of thiophene rings is 1. The van der Waals surface area contributed by atoms with Crippen LogP contribution >= 0.6 is 11.3 Å². The van der Waals surface area contributed by atoms with E-state index in [-0.39, 0.29) is 0 Å². The molecular formula is C65H42N4OS. The molecule has 0 saturated carbocycles. The van der Waals surface area contributed by atoms with Gasteiger partial charge in [0.05, 0.1) is 38.1 Å². The van der Waals surface area contributed by atoms with E-state index in [4.69, 9.17) is 14.4 Å². The Morgan fingerprint density at radius 1 is 0.493 bits per heavy atom. The van der Waals surface area contributed by atoms with Crippen LogP contribution in [-0.2, 0) is 0 Å². The molecule has 5 heterocycles. The Morgan fingerprint density at radius 3 is 1.72 bits per heavy atom. The van der Waals surface area contributed by atoms with Gasteiger partial charge in [-0.05, 0) is 66.6 Å². The summed E-state index contributed by atoms with van der Waals surface area (Å²) in [7, 11) is 0. The van der Waals surface area contributed by atoms with E-state index in [0.717, 1.165) is 122 Å². The first kappa shape index (κ1) is 40.9. The lowest BCUT2D eigenvalue weighted by atomic mass is 9.91. The Hall–Kier alpha value is -9.10. The molecule has 0 aliphatic carbocycles. The maximum Gasteiger partial charge on any atom is 0.160 e. The van der Waals surface area contributed by atoms with Crippen molar-refractivity contribution in [1.29, 1.82) is 0 Å². The highest BCUT2D eigenvalue weighted by atomic mass is 32.1. The van der Waals surface area contributed by atoms with Crippen LogP contribution in [0.2, 0.25) is 0 Å². The number of benzene rings is 9. The lowest BCUT2D eigenvalue weighted by Crippen LogP contribution is -2.04. The Labute approximate surface area is 413 Å². The molecule has 0 aliphatic heterocycles. The van der Waals surface area contributed by atoms with Gasteiger partial charge in [0.2, 0.25) is 0 Å². The van der Waals surface area contributed by atoms with Gasteiger partial charge < -0.3 is 13.6 Å². The van der Waals surface area contributed by atoms with Crippen LogP contribution in [0.3, 0.4) is 0 Å². The molecule has 14 aromatic rings. The van der Waals surface area contributed by atoms with Crippen LogP contribution in [-0.4, -0.2) is 19.1 Å². The van der Waals surface area contributed by atoms with Crippen molar-refractivity contribution in [2.45, 2.75) is 6.92 Å². The zero-order valence-electron chi connectivity index (χ0n) is 38.7. The van der Waals surface area contributed by atoms with Gasteiger partial charge in [-0.3, -0.25) is 0 Å². The van der Waals surface area contributed by atoms with E-state index in [0.29, 0.717) is 5.82 Å². The quantitative estimate of drug-likeness (QED) is 0.153. The first-order chi connectivity index (χ1) is 35.1. The molecule has 0 N–H and O–H groups in total. The third kappa shape index (κ3) is 6.39. The number of fused-ring (bicyclic) bond motifs is 8. The largest absolute Gasteiger partial charge is 0.455 e. The number of para-hydroxylation sites is 3. The second kappa shape index (κ2) is 16.3. The topological polar surface area (TPSA) is 48.8 Å². The summed E-state index contributed by atoms with van der Waals surface area (Å²) in [5, 5.41) is 5.61. The van der Waals surface area contributed by atoms with Crippen LogP contribution < -0.4 is 0 Å². The minimum Gasteiger partial charge on any atom is -0.455 e. The average Bonchev–Trinajstić information content (AvgIpc) is 4.17. The molecule has 0 bridgehead atoms. The molecule has 0 fully saturated rings. The van der Waals surface area contributed by atoms with Crippen molar-refractivity contribution in [2.75, 3.05) is 0 Å². The molecule has 0 unspecified atom stereocenters. The zero-order chi connectivity index (χ0) is 47.2. The number of furan rings is 1. The average molecular weight is 927 g/mol. The van der Waals surface area contributed by atoms with Crippen LogP contribution in [0, 0.1) is 6.92 Å². The smallest absolute Gasteiger partial charge is 0.160 e. The molecule has 0 radical (unpaired) electrons. The molecule has 334 valence electrons.